The van der Waals surface area contributed by atoms with Crippen molar-refractivity contribution in [3.63, 3.8) is 0 Å². The smallest absolute Gasteiger partial charge is 0.215 e. The van der Waals surface area contributed by atoms with Gasteiger partial charge in [0.15, 0.2) is 0 Å². The molecular formula is C9H17N3O2S2. The molecule has 0 spiro atoms. The predicted molar refractivity (Wildman–Crippen MR) is 66.0 cm³/mol. The summed E-state index contributed by atoms with van der Waals surface area (Å²) in [4.78, 5) is 5.03. The Morgan fingerprint density at radius 1 is 1.56 bits per heavy atom. The third-order valence-electron chi connectivity index (χ3n) is 2.30. The lowest BCUT2D eigenvalue weighted by atomic mass is 10.4. The summed E-state index contributed by atoms with van der Waals surface area (Å²) >= 11 is 1.46. The van der Waals surface area contributed by atoms with Crippen molar-refractivity contribution in [1.29, 1.82) is 0 Å². The highest BCUT2D eigenvalue weighted by Gasteiger charge is 2.19. The number of aromatic nitrogens is 1. The van der Waals surface area contributed by atoms with Gasteiger partial charge in [-0.3, -0.25) is 0 Å². The van der Waals surface area contributed by atoms with E-state index in [9.17, 15) is 8.42 Å². The van der Waals surface area contributed by atoms with Crippen LogP contribution in [0.25, 0.3) is 0 Å². The lowest BCUT2D eigenvalue weighted by Crippen LogP contribution is -2.37. The monoisotopic (exact) mass is 263 g/mol. The van der Waals surface area contributed by atoms with Gasteiger partial charge in [0.2, 0.25) is 10.0 Å². The first kappa shape index (κ1) is 13.6. The fourth-order valence-corrected chi connectivity index (χ4v) is 3.03. The van der Waals surface area contributed by atoms with Gasteiger partial charge in [0.05, 0.1) is 16.5 Å². The highest BCUT2D eigenvalue weighted by molar-refractivity contribution is 7.90. The summed E-state index contributed by atoms with van der Waals surface area (Å²) < 4.78 is 26.1. The van der Waals surface area contributed by atoms with Gasteiger partial charge in [-0.2, -0.15) is 0 Å². The number of nitrogens with one attached hydrogen (secondary N) is 2. The zero-order valence-corrected chi connectivity index (χ0v) is 11.3. The van der Waals surface area contributed by atoms with Crippen molar-refractivity contribution in [2.24, 2.45) is 0 Å². The molecule has 0 aromatic carbocycles. The van der Waals surface area contributed by atoms with Gasteiger partial charge < -0.3 is 5.32 Å². The molecule has 1 atom stereocenters. The molecule has 92 valence electrons. The molecule has 0 radical (unpaired) electrons. The van der Waals surface area contributed by atoms with Gasteiger partial charge in [0, 0.05) is 18.0 Å². The Morgan fingerprint density at radius 2 is 2.25 bits per heavy atom. The fourth-order valence-electron chi connectivity index (χ4n) is 1.20. The van der Waals surface area contributed by atoms with Crippen molar-refractivity contribution < 1.29 is 8.42 Å². The summed E-state index contributed by atoms with van der Waals surface area (Å²) in [6.07, 6.45) is 0. The third kappa shape index (κ3) is 3.51. The van der Waals surface area contributed by atoms with E-state index >= 15 is 0 Å². The summed E-state index contributed by atoms with van der Waals surface area (Å²) in [5.74, 6) is 0. The first-order chi connectivity index (χ1) is 7.47. The second-order valence-electron chi connectivity index (χ2n) is 3.60. The van der Waals surface area contributed by atoms with Crippen molar-refractivity contribution in [1.82, 2.24) is 15.0 Å². The number of hydrogen-bond acceptors (Lipinski definition) is 5. The summed E-state index contributed by atoms with van der Waals surface area (Å²) in [7, 11) is -1.51. The van der Waals surface area contributed by atoms with Crippen LogP contribution in [-0.2, 0) is 16.6 Å². The van der Waals surface area contributed by atoms with Crippen LogP contribution in [-0.4, -0.2) is 32.2 Å². The number of sulfonamides is 1. The Hall–Kier alpha value is -0.500. The third-order valence-corrected chi connectivity index (χ3v) is 5.01. The molecule has 0 fully saturated rings. The lowest BCUT2D eigenvalue weighted by Gasteiger charge is -2.12. The Labute approximate surface area is 100 Å². The molecule has 0 saturated heterocycles. The second kappa shape index (κ2) is 5.72. The molecule has 0 amide bonds. The van der Waals surface area contributed by atoms with E-state index < -0.39 is 15.3 Å². The van der Waals surface area contributed by atoms with Crippen molar-refractivity contribution in [3.05, 3.63) is 16.1 Å². The minimum absolute atomic E-state index is 0.326. The maximum absolute atomic E-state index is 11.8. The van der Waals surface area contributed by atoms with Gasteiger partial charge in [-0.15, -0.1) is 11.3 Å². The molecule has 0 bridgehead atoms. The summed E-state index contributed by atoms with van der Waals surface area (Å²) in [6, 6.07) is 0. The molecule has 16 heavy (non-hydrogen) atoms. The van der Waals surface area contributed by atoms with Crippen molar-refractivity contribution >= 4 is 21.4 Å². The van der Waals surface area contributed by atoms with Crippen molar-refractivity contribution in [3.8, 4) is 0 Å². The van der Waals surface area contributed by atoms with Crippen LogP contribution in [0.5, 0.6) is 0 Å². The van der Waals surface area contributed by atoms with Crippen LogP contribution >= 0.6 is 11.3 Å². The van der Waals surface area contributed by atoms with Crippen LogP contribution in [0.15, 0.2) is 5.51 Å². The molecule has 1 aromatic heterocycles. The van der Waals surface area contributed by atoms with Gasteiger partial charge in [0.25, 0.3) is 0 Å². The molecule has 1 heterocycles. The molecular weight excluding hydrogens is 246 g/mol. The molecule has 0 saturated carbocycles. The van der Waals surface area contributed by atoms with E-state index in [0.717, 1.165) is 10.6 Å². The van der Waals surface area contributed by atoms with Crippen LogP contribution in [0, 0.1) is 6.92 Å². The first-order valence-corrected chi connectivity index (χ1v) is 7.42. The molecule has 0 aliphatic heterocycles. The van der Waals surface area contributed by atoms with E-state index in [4.69, 9.17) is 0 Å². The molecule has 2 N–H and O–H groups in total. The van der Waals surface area contributed by atoms with Gasteiger partial charge in [-0.1, -0.05) is 0 Å². The molecule has 7 heteroatoms. The van der Waals surface area contributed by atoms with E-state index in [0.29, 0.717) is 13.1 Å². The zero-order valence-electron chi connectivity index (χ0n) is 9.65. The second-order valence-corrected chi connectivity index (χ2v) is 6.72. The quantitative estimate of drug-likeness (QED) is 0.783. The maximum Gasteiger partial charge on any atom is 0.215 e. The minimum Gasteiger partial charge on any atom is -0.318 e. The largest absolute Gasteiger partial charge is 0.318 e. The molecule has 0 aliphatic carbocycles. The Morgan fingerprint density at radius 3 is 2.75 bits per heavy atom. The van der Waals surface area contributed by atoms with E-state index in [1.807, 2.05) is 6.92 Å². The summed E-state index contributed by atoms with van der Waals surface area (Å²) in [5, 5.41) is 2.41. The first-order valence-electron chi connectivity index (χ1n) is 4.99. The summed E-state index contributed by atoms with van der Waals surface area (Å²) in [5.41, 5.74) is 2.60. The van der Waals surface area contributed by atoms with Gasteiger partial charge in [0.1, 0.15) is 0 Å². The zero-order chi connectivity index (χ0) is 12.2. The van der Waals surface area contributed by atoms with Crippen molar-refractivity contribution in [2.75, 3.05) is 13.6 Å². The minimum atomic E-state index is -3.25. The number of nitrogens with zero attached hydrogens (tertiary/aromatic N) is 1. The molecule has 1 rings (SSSR count). The van der Waals surface area contributed by atoms with Gasteiger partial charge >= 0.3 is 0 Å². The summed E-state index contributed by atoms with van der Waals surface area (Å²) in [6.45, 7) is 4.32. The molecule has 0 aliphatic rings. The van der Waals surface area contributed by atoms with E-state index in [-0.39, 0.29) is 0 Å². The average Bonchev–Trinajstić information content (AvgIpc) is 2.61. The standard InChI is InChI=1S/C9H17N3O2S2/c1-7(4-10-3)16(13,14)12-5-9-8(2)11-6-15-9/h6-7,10,12H,4-5H2,1-3H3. The maximum atomic E-state index is 11.8. The highest BCUT2D eigenvalue weighted by Crippen LogP contribution is 2.12. The molecule has 1 aromatic rings. The Balaban J connectivity index is 2.58. The predicted octanol–water partition coefficient (Wildman–Crippen LogP) is 0.479. The Bertz CT molecular complexity index is 428. The van der Waals surface area contributed by atoms with Gasteiger partial charge in [-0.05, 0) is 20.9 Å². The van der Waals surface area contributed by atoms with E-state index in [1.165, 1.54) is 11.3 Å². The highest BCUT2D eigenvalue weighted by atomic mass is 32.2. The number of thiazole rings is 1. The SMILES string of the molecule is CNCC(C)S(=O)(=O)NCc1scnc1C. The van der Waals surface area contributed by atoms with E-state index in [2.05, 4.69) is 15.0 Å². The van der Waals surface area contributed by atoms with Crippen molar-refractivity contribution in [2.45, 2.75) is 25.6 Å². The Kier molecular flexibility index (Phi) is 4.85. The topological polar surface area (TPSA) is 71.1 Å². The average molecular weight is 263 g/mol. The van der Waals surface area contributed by atoms with Gasteiger partial charge in [-0.25, -0.2) is 18.1 Å². The van der Waals surface area contributed by atoms with E-state index in [1.54, 1.807) is 19.5 Å². The van der Waals surface area contributed by atoms with Crippen LogP contribution in [0.2, 0.25) is 0 Å². The fraction of sp³-hybridized carbons (Fsp3) is 0.667. The number of rotatable bonds is 6. The lowest BCUT2D eigenvalue weighted by molar-refractivity contribution is 0.563. The molecule has 1 unspecified atom stereocenters. The number of aryl methyl sites for hydroxylation is 1. The normalized spacial score (nSPS) is 13.9. The van der Waals surface area contributed by atoms with Crippen LogP contribution < -0.4 is 10.0 Å². The van der Waals surface area contributed by atoms with Crippen LogP contribution in [0.3, 0.4) is 0 Å². The molecule has 5 nitrogen and oxygen atoms in total. The van der Waals surface area contributed by atoms with Crippen LogP contribution in [0.1, 0.15) is 17.5 Å². The van der Waals surface area contributed by atoms with Crippen LogP contribution in [0.4, 0.5) is 0 Å². The number of hydrogen-bond donors (Lipinski definition) is 2.